The van der Waals surface area contributed by atoms with Gasteiger partial charge in [-0.2, -0.15) is 21.7 Å². The Kier molecular flexibility index (Phi) is 4.65. The summed E-state index contributed by atoms with van der Waals surface area (Å²) in [5.74, 6) is 3.84. The van der Waals surface area contributed by atoms with Gasteiger partial charge in [0.05, 0.1) is 5.75 Å². The molecule has 0 aromatic carbocycles. The lowest BCUT2D eigenvalue weighted by atomic mass is 10.3. The molecule has 5 heteroatoms. The van der Waals surface area contributed by atoms with Crippen molar-refractivity contribution < 1.29 is 0 Å². The summed E-state index contributed by atoms with van der Waals surface area (Å²) in [5, 5.41) is 0. The Morgan fingerprint density at radius 1 is 1.14 bits per heavy atom. The van der Waals surface area contributed by atoms with Crippen LogP contribution in [0.5, 0.6) is 0 Å². The smallest absolute Gasteiger partial charge is 0.223 e. The van der Waals surface area contributed by atoms with Gasteiger partial charge in [0.15, 0.2) is 0 Å². The summed E-state index contributed by atoms with van der Waals surface area (Å²) in [6.07, 6.45) is 1.90. The van der Waals surface area contributed by atoms with E-state index < -0.39 is 0 Å². The fourth-order valence-electron chi connectivity index (χ4n) is 1.08. The maximum absolute atomic E-state index is 5.59. The van der Waals surface area contributed by atoms with E-state index in [1.165, 1.54) is 0 Å². The third-order valence-corrected chi connectivity index (χ3v) is 2.52. The number of hydrogen-bond donors (Lipinski definition) is 1. The monoisotopic (exact) mass is 212 g/mol. The van der Waals surface area contributed by atoms with Gasteiger partial charge in [0.1, 0.15) is 11.6 Å². The van der Waals surface area contributed by atoms with Crippen LogP contribution >= 0.6 is 11.8 Å². The lowest BCUT2D eigenvalue weighted by Crippen LogP contribution is -2.06. The van der Waals surface area contributed by atoms with Crippen LogP contribution in [0.15, 0.2) is 0 Å². The quantitative estimate of drug-likeness (QED) is 0.804. The molecule has 1 aromatic rings. The molecule has 0 aliphatic carbocycles. The lowest BCUT2D eigenvalue weighted by Gasteiger charge is -2.02. The highest BCUT2D eigenvalue weighted by atomic mass is 32.2. The molecule has 0 saturated carbocycles. The molecule has 1 heterocycles. The summed E-state index contributed by atoms with van der Waals surface area (Å²) in [4.78, 5) is 12.5. The molecule has 0 aliphatic rings. The van der Waals surface area contributed by atoms with Gasteiger partial charge in [-0.3, -0.25) is 0 Å². The van der Waals surface area contributed by atoms with Crippen LogP contribution in [-0.2, 0) is 12.2 Å². The van der Waals surface area contributed by atoms with E-state index in [-0.39, 0.29) is 0 Å². The predicted octanol–water partition coefficient (Wildman–Crippen LogP) is 1.66. The van der Waals surface area contributed by atoms with Crippen LogP contribution in [0.4, 0.5) is 5.95 Å². The number of anilines is 1. The van der Waals surface area contributed by atoms with E-state index in [1.54, 1.807) is 11.8 Å². The highest BCUT2D eigenvalue weighted by Gasteiger charge is 2.03. The molecule has 78 valence electrons. The number of hydrogen-bond acceptors (Lipinski definition) is 5. The lowest BCUT2D eigenvalue weighted by molar-refractivity contribution is 0.802. The normalized spacial score (nSPS) is 10.4. The van der Waals surface area contributed by atoms with Crippen LogP contribution in [0.1, 0.15) is 31.9 Å². The average Bonchev–Trinajstić information content (AvgIpc) is 2.14. The van der Waals surface area contributed by atoms with Crippen molar-refractivity contribution in [1.29, 1.82) is 0 Å². The topological polar surface area (TPSA) is 64.7 Å². The summed E-state index contributed by atoms with van der Waals surface area (Å²) in [5.41, 5.74) is 5.59. The fourth-order valence-corrected chi connectivity index (χ4v) is 1.60. The highest BCUT2D eigenvalue weighted by molar-refractivity contribution is 7.98. The molecule has 0 atom stereocenters. The number of nitrogens with zero attached hydrogens (tertiary/aromatic N) is 3. The molecule has 4 nitrogen and oxygen atoms in total. The Balaban J connectivity index is 2.73. The number of aryl methyl sites for hydroxylation is 1. The van der Waals surface area contributed by atoms with Crippen molar-refractivity contribution in [3.05, 3.63) is 11.6 Å². The number of nitrogens with two attached hydrogens (primary N) is 1. The molecule has 14 heavy (non-hydrogen) atoms. The standard InChI is InChI=1S/C9H16N4S/c1-3-5-7-11-8(6-14-4-2)13-9(10)12-7/h3-6H2,1-2H3,(H2,10,11,12,13). The van der Waals surface area contributed by atoms with Crippen molar-refractivity contribution in [1.82, 2.24) is 15.0 Å². The Morgan fingerprint density at radius 3 is 2.50 bits per heavy atom. The number of aromatic nitrogens is 3. The average molecular weight is 212 g/mol. The van der Waals surface area contributed by atoms with Gasteiger partial charge in [-0.05, 0) is 12.2 Å². The first-order valence-corrected chi connectivity index (χ1v) is 5.98. The van der Waals surface area contributed by atoms with Crippen molar-refractivity contribution in [3.63, 3.8) is 0 Å². The molecule has 0 aliphatic heterocycles. The zero-order valence-electron chi connectivity index (χ0n) is 8.66. The van der Waals surface area contributed by atoms with Crippen LogP contribution in [0.2, 0.25) is 0 Å². The maximum Gasteiger partial charge on any atom is 0.223 e. The number of nitrogen functional groups attached to an aromatic ring is 1. The van der Waals surface area contributed by atoms with Crippen molar-refractivity contribution in [2.24, 2.45) is 0 Å². The van der Waals surface area contributed by atoms with E-state index >= 15 is 0 Å². The summed E-state index contributed by atoms with van der Waals surface area (Å²) >= 11 is 1.79. The van der Waals surface area contributed by atoms with Gasteiger partial charge in [-0.25, -0.2) is 4.98 Å². The molecule has 0 radical (unpaired) electrons. The SMILES string of the molecule is CCCc1nc(N)nc(CSCC)n1. The Labute approximate surface area is 88.7 Å². The van der Waals surface area contributed by atoms with Crippen molar-refractivity contribution >= 4 is 17.7 Å². The maximum atomic E-state index is 5.59. The first-order chi connectivity index (χ1) is 6.76. The second-order valence-electron chi connectivity index (χ2n) is 2.91. The predicted molar refractivity (Wildman–Crippen MR) is 60.1 cm³/mol. The van der Waals surface area contributed by atoms with Gasteiger partial charge in [0, 0.05) is 6.42 Å². The molecule has 0 bridgehead atoms. The van der Waals surface area contributed by atoms with Crippen molar-refractivity contribution in [2.75, 3.05) is 11.5 Å². The summed E-state index contributed by atoms with van der Waals surface area (Å²) in [6, 6.07) is 0. The van der Waals surface area contributed by atoms with E-state index in [0.29, 0.717) is 5.95 Å². The van der Waals surface area contributed by atoms with Gasteiger partial charge < -0.3 is 5.73 Å². The minimum atomic E-state index is 0.343. The minimum absolute atomic E-state index is 0.343. The number of thioether (sulfide) groups is 1. The van der Waals surface area contributed by atoms with Crippen molar-refractivity contribution in [2.45, 2.75) is 32.4 Å². The Hall–Kier alpha value is -0.840. The molecule has 0 saturated heterocycles. The molecular weight excluding hydrogens is 196 g/mol. The van der Waals surface area contributed by atoms with Crippen LogP contribution < -0.4 is 5.73 Å². The molecule has 0 unspecified atom stereocenters. The summed E-state index contributed by atoms with van der Waals surface area (Å²) < 4.78 is 0. The first-order valence-electron chi connectivity index (χ1n) is 4.83. The molecule has 0 fully saturated rings. The van der Waals surface area contributed by atoms with Crippen molar-refractivity contribution in [3.8, 4) is 0 Å². The van der Waals surface area contributed by atoms with Gasteiger partial charge >= 0.3 is 0 Å². The van der Waals surface area contributed by atoms with Crippen LogP contribution in [0.3, 0.4) is 0 Å². The van der Waals surface area contributed by atoms with Crippen LogP contribution in [0, 0.1) is 0 Å². The van der Waals surface area contributed by atoms with Gasteiger partial charge in [0.2, 0.25) is 5.95 Å². The molecule has 1 rings (SSSR count). The van der Waals surface area contributed by atoms with E-state index in [0.717, 1.165) is 36.0 Å². The molecule has 2 N–H and O–H groups in total. The fraction of sp³-hybridized carbons (Fsp3) is 0.667. The third kappa shape index (κ3) is 3.49. The zero-order chi connectivity index (χ0) is 10.4. The number of rotatable bonds is 5. The largest absolute Gasteiger partial charge is 0.368 e. The second kappa shape index (κ2) is 5.80. The molecule has 1 aromatic heterocycles. The Morgan fingerprint density at radius 2 is 1.86 bits per heavy atom. The minimum Gasteiger partial charge on any atom is -0.368 e. The molecular formula is C9H16N4S. The summed E-state index contributed by atoms with van der Waals surface area (Å²) in [7, 11) is 0. The van der Waals surface area contributed by atoms with Gasteiger partial charge in [-0.15, -0.1) is 0 Å². The molecule has 0 amide bonds. The van der Waals surface area contributed by atoms with Gasteiger partial charge in [0.25, 0.3) is 0 Å². The van der Waals surface area contributed by atoms with E-state index in [9.17, 15) is 0 Å². The zero-order valence-corrected chi connectivity index (χ0v) is 9.47. The van der Waals surface area contributed by atoms with Gasteiger partial charge in [-0.1, -0.05) is 13.8 Å². The Bertz CT molecular complexity index is 290. The van der Waals surface area contributed by atoms with Crippen LogP contribution in [-0.4, -0.2) is 20.7 Å². The highest BCUT2D eigenvalue weighted by Crippen LogP contribution is 2.09. The third-order valence-electron chi connectivity index (χ3n) is 1.65. The molecule has 0 spiro atoms. The van der Waals surface area contributed by atoms with E-state index in [1.807, 2.05) is 0 Å². The van der Waals surface area contributed by atoms with E-state index in [2.05, 4.69) is 28.8 Å². The van der Waals surface area contributed by atoms with Crippen LogP contribution in [0.25, 0.3) is 0 Å². The first kappa shape index (κ1) is 11.2. The van der Waals surface area contributed by atoms with E-state index in [4.69, 9.17) is 5.73 Å². The summed E-state index contributed by atoms with van der Waals surface area (Å²) in [6.45, 7) is 4.21. The second-order valence-corrected chi connectivity index (χ2v) is 4.19.